The molecule has 0 atom stereocenters. The number of amides is 1. The van der Waals surface area contributed by atoms with Gasteiger partial charge in [0.15, 0.2) is 0 Å². The van der Waals surface area contributed by atoms with Crippen molar-refractivity contribution >= 4 is 27.5 Å². The number of nitrogens with one attached hydrogen (secondary N) is 2. The summed E-state index contributed by atoms with van der Waals surface area (Å²) in [6.45, 7) is 2.53. The van der Waals surface area contributed by atoms with Gasteiger partial charge in [0.2, 0.25) is 0 Å². The Bertz CT molecular complexity index is 339. The molecule has 0 bridgehead atoms. The average Bonchev–Trinajstić information content (AvgIpc) is 2.18. The van der Waals surface area contributed by atoms with Gasteiger partial charge >= 0.3 is 0 Å². The molecule has 0 unspecified atom stereocenters. The van der Waals surface area contributed by atoms with Crippen molar-refractivity contribution in [1.29, 1.82) is 0 Å². The van der Waals surface area contributed by atoms with Gasteiger partial charge in [-0.25, -0.2) is 0 Å². The van der Waals surface area contributed by atoms with E-state index in [0.717, 1.165) is 10.2 Å². The monoisotopic (exact) mass is 256 g/mol. The van der Waals surface area contributed by atoms with E-state index in [0.29, 0.717) is 12.1 Å². The summed E-state index contributed by atoms with van der Waals surface area (Å²) in [7, 11) is 1.80. The van der Waals surface area contributed by atoms with E-state index in [2.05, 4.69) is 26.6 Å². The van der Waals surface area contributed by atoms with Crippen molar-refractivity contribution in [2.24, 2.45) is 0 Å². The Balaban J connectivity index is 3.03. The molecule has 0 fully saturated rings. The molecule has 0 aliphatic rings. The predicted octanol–water partition coefficient (Wildman–Crippen LogP) is 2.24. The van der Waals surface area contributed by atoms with Gasteiger partial charge in [0.25, 0.3) is 5.91 Å². The minimum Gasteiger partial charge on any atom is -0.387 e. The minimum atomic E-state index is -0.0573. The number of rotatable bonds is 3. The van der Waals surface area contributed by atoms with E-state index >= 15 is 0 Å². The molecule has 0 spiro atoms. The molecule has 2 N–H and O–H groups in total. The van der Waals surface area contributed by atoms with Gasteiger partial charge in [0.05, 0.1) is 5.56 Å². The van der Waals surface area contributed by atoms with Crippen molar-refractivity contribution in [3.8, 4) is 0 Å². The van der Waals surface area contributed by atoms with Crippen LogP contribution in [0.15, 0.2) is 22.7 Å². The lowest BCUT2D eigenvalue weighted by Gasteiger charge is -2.08. The summed E-state index contributed by atoms with van der Waals surface area (Å²) >= 11 is 3.34. The van der Waals surface area contributed by atoms with Gasteiger partial charge in [0.1, 0.15) is 0 Å². The van der Waals surface area contributed by atoms with Crippen molar-refractivity contribution in [3.05, 3.63) is 28.2 Å². The third-order valence-corrected chi connectivity index (χ3v) is 2.33. The van der Waals surface area contributed by atoms with Crippen molar-refractivity contribution < 1.29 is 4.79 Å². The number of halogens is 1. The fourth-order valence-corrected chi connectivity index (χ4v) is 1.54. The molecule has 1 aromatic carbocycles. The van der Waals surface area contributed by atoms with Gasteiger partial charge in [-0.15, -0.1) is 0 Å². The predicted molar refractivity (Wildman–Crippen MR) is 61.7 cm³/mol. The molecule has 0 aromatic heterocycles. The smallest absolute Gasteiger partial charge is 0.253 e. The first kappa shape index (κ1) is 11.0. The first-order chi connectivity index (χ1) is 6.69. The molecule has 4 heteroatoms. The molecule has 1 rings (SSSR count). The molecule has 14 heavy (non-hydrogen) atoms. The first-order valence-electron chi connectivity index (χ1n) is 4.44. The van der Waals surface area contributed by atoms with Gasteiger partial charge in [0, 0.05) is 23.8 Å². The Hall–Kier alpha value is -1.03. The molecule has 1 aromatic rings. The molecular weight excluding hydrogens is 244 g/mol. The van der Waals surface area contributed by atoms with E-state index < -0.39 is 0 Å². The zero-order valence-electron chi connectivity index (χ0n) is 8.23. The lowest BCUT2D eigenvalue weighted by molar-refractivity contribution is 0.0956. The Morgan fingerprint density at radius 2 is 2.21 bits per heavy atom. The van der Waals surface area contributed by atoms with Crippen LogP contribution in [-0.4, -0.2) is 19.5 Å². The summed E-state index contributed by atoms with van der Waals surface area (Å²) in [4.78, 5) is 11.6. The fraction of sp³-hybridized carbons (Fsp3) is 0.300. The summed E-state index contributed by atoms with van der Waals surface area (Å²) in [5.41, 5.74) is 1.49. The third kappa shape index (κ3) is 2.48. The summed E-state index contributed by atoms with van der Waals surface area (Å²) < 4.78 is 0.901. The van der Waals surface area contributed by atoms with Crippen LogP contribution < -0.4 is 10.6 Å². The maximum absolute atomic E-state index is 11.6. The molecule has 0 saturated carbocycles. The molecule has 3 nitrogen and oxygen atoms in total. The zero-order chi connectivity index (χ0) is 10.6. The van der Waals surface area contributed by atoms with Crippen LogP contribution in [0.25, 0.3) is 0 Å². The number of carbonyl (C=O) groups excluding carboxylic acids is 1. The van der Waals surface area contributed by atoms with E-state index in [1.807, 2.05) is 19.1 Å². The van der Waals surface area contributed by atoms with E-state index in [9.17, 15) is 4.79 Å². The molecule has 0 saturated heterocycles. The highest BCUT2D eigenvalue weighted by molar-refractivity contribution is 9.10. The van der Waals surface area contributed by atoms with Crippen LogP contribution >= 0.6 is 15.9 Å². The lowest BCUT2D eigenvalue weighted by Crippen LogP contribution is -2.23. The topological polar surface area (TPSA) is 41.1 Å². The largest absolute Gasteiger partial charge is 0.387 e. The van der Waals surface area contributed by atoms with Crippen molar-refractivity contribution in [1.82, 2.24) is 5.32 Å². The molecule has 0 heterocycles. The summed E-state index contributed by atoms with van der Waals surface area (Å²) in [6.07, 6.45) is 0. The van der Waals surface area contributed by atoms with Crippen LogP contribution in [0.4, 0.5) is 5.69 Å². The number of hydrogen-bond donors (Lipinski definition) is 2. The Labute approximate surface area is 92.0 Å². The minimum absolute atomic E-state index is 0.0573. The SMILES string of the molecule is CCNC(=O)c1cc(Br)ccc1NC. The number of anilines is 1. The summed E-state index contributed by atoms with van der Waals surface area (Å²) in [6, 6.07) is 5.57. The van der Waals surface area contributed by atoms with Crippen molar-refractivity contribution in [2.45, 2.75) is 6.92 Å². The van der Waals surface area contributed by atoms with E-state index in [-0.39, 0.29) is 5.91 Å². The Kier molecular flexibility index (Phi) is 3.95. The van der Waals surface area contributed by atoms with Gasteiger partial charge in [-0.2, -0.15) is 0 Å². The molecule has 0 aliphatic carbocycles. The maximum Gasteiger partial charge on any atom is 0.253 e. The molecule has 76 valence electrons. The average molecular weight is 257 g/mol. The second-order valence-electron chi connectivity index (χ2n) is 2.80. The second kappa shape index (κ2) is 5.00. The quantitative estimate of drug-likeness (QED) is 0.871. The van der Waals surface area contributed by atoms with Crippen LogP contribution in [0.3, 0.4) is 0 Å². The lowest BCUT2D eigenvalue weighted by atomic mass is 10.1. The molecule has 0 aliphatic heterocycles. The second-order valence-corrected chi connectivity index (χ2v) is 3.72. The molecular formula is C10H13BrN2O. The van der Waals surface area contributed by atoms with E-state index in [1.165, 1.54) is 0 Å². The van der Waals surface area contributed by atoms with Crippen molar-refractivity contribution in [2.75, 3.05) is 18.9 Å². The van der Waals surface area contributed by atoms with Crippen LogP contribution in [0.5, 0.6) is 0 Å². The van der Waals surface area contributed by atoms with E-state index in [4.69, 9.17) is 0 Å². The molecule has 0 radical (unpaired) electrons. The van der Waals surface area contributed by atoms with E-state index in [1.54, 1.807) is 13.1 Å². The zero-order valence-corrected chi connectivity index (χ0v) is 9.81. The van der Waals surface area contributed by atoms with Crippen LogP contribution in [-0.2, 0) is 0 Å². The highest BCUT2D eigenvalue weighted by Gasteiger charge is 2.09. The summed E-state index contributed by atoms with van der Waals surface area (Å²) in [5.74, 6) is -0.0573. The normalized spacial score (nSPS) is 9.64. The van der Waals surface area contributed by atoms with Gasteiger partial charge in [-0.05, 0) is 25.1 Å². The Morgan fingerprint density at radius 3 is 2.79 bits per heavy atom. The number of carbonyl (C=O) groups is 1. The van der Waals surface area contributed by atoms with Crippen LogP contribution in [0.2, 0.25) is 0 Å². The highest BCUT2D eigenvalue weighted by Crippen LogP contribution is 2.20. The van der Waals surface area contributed by atoms with Crippen LogP contribution in [0, 0.1) is 0 Å². The van der Waals surface area contributed by atoms with Gasteiger partial charge in [-0.1, -0.05) is 15.9 Å². The Morgan fingerprint density at radius 1 is 1.50 bits per heavy atom. The van der Waals surface area contributed by atoms with Crippen molar-refractivity contribution in [3.63, 3.8) is 0 Å². The molecule has 1 amide bonds. The van der Waals surface area contributed by atoms with Crippen LogP contribution in [0.1, 0.15) is 17.3 Å². The number of benzene rings is 1. The first-order valence-corrected chi connectivity index (χ1v) is 5.23. The fourth-order valence-electron chi connectivity index (χ4n) is 1.18. The number of hydrogen-bond acceptors (Lipinski definition) is 2. The van der Waals surface area contributed by atoms with Gasteiger partial charge < -0.3 is 10.6 Å². The summed E-state index contributed by atoms with van der Waals surface area (Å²) in [5, 5.41) is 5.74. The van der Waals surface area contributed by atoms with Gasteiger partial charge in [-0.3, -0.25) is 4.79 Å². The third-order valence-electron chi connectivity index (χ3n) is 1.83. The maximum atomic E-state index is 11.6. The highest BCUT2D eigenvalue weighted by atomic mass is 79.9. The standard InChI is InChI=1S/C10H13BrN2O/c1-3-13-10(14)8-6-7(11)4-5-9(8)12-2/h4-6,12H,3H2,1-2H3,(H,13,14).